The van der Waals surface area contributed by atoms with Gasteiger partial charge in [-0.1, -0.05) is 0 Å². The van der Waals surface area contributed by atoms with Crippen molar-refractivity contribution in [1.29, 1.82) is 0 Å². The first-order valence-corrected chi connectivity index (χ1v) is 14.9. The number of carbonyl (C=O) groups excluding carboxylic acids is 3. The molecular formula is C30H33AsN3O4. The number of nitrogens with one attached hydrogen (secondary N) is 2. The Morgan fingerprint density at radius 3 is 2.71 bits per heavy atom. The molecule has 2 heterocycles. The van der Waals surface area contributed by atoms with Crippen molar-refractivity contribution in [3.63, 3.8) is 0 Å². The minimum atomic E-state index is -0.902. The summed E-state index contributed by atoms with van der Waals surface area (Å²) >= 11 is -0.902. The van der Waals surface area contributed by atoms with Crippen molar-refractivity contribution in [3.8, 4) is 5.75 Å². The molecule has 0 saturated carbocycles. The number of rotatable bonds is 13. The first-order valence-electron chi connectivity index (χ1n) is 12.9. The number of aromatic nitrogens is 2. The number of unbranched alkanes of at least 4 members (excludes halogenated alkanes) is 2. The number of aromatic amines is 1. The van der Waals surface area contributed by atoms with Gasteiger partial charge in [0.1, 0.15) is 0 Å². The number of carbonyl (C=O) groups is 3. The summed E-state index contributed by atoms with van der Waals surface area (Å²) in [4.78, 5) is 45.7. The van der Waals surface area contributed by atoms with Crippen LogP contribution in [0.15, 0.2) is 54.9 Å². The number of nitrogens with zero attached hydrogens (tertiary/aromatic N) is 1. The van der Waals surface area contributed by atoms with Gasteiger partial charge >= 0.3 is 230 Å². The van der Waals surface area contributed by atoms with Crippen LogP contribution < -0.4 is 10.1 Å². The van der Waals surface area contributed by atoms with Gasteiger partial charge in [0.15, 0.2) is 0 Å². The number of ether oxygens (including phenoxy) is 1. The van der Waals surface area contributed by atoms with Gasteiger partial charge in [0.25, 0.3) is 0 Å². The van der Waals surface area contributed by atoms with Gasteiger partial charge in [-0.15, -0.1) is 0 Å². The number of ketones is 1. The second kappa shape index (κ2) is 12.9. The van der Waals surface area contributed by atoms with Gasteiger partial charge in [0, 0.05) is 0 Å². The standard InChI is InChI=1S/C30H33AsN3O4/c1-19(35)8-5-4-6-10-26(30(37)34-27-11-7-9-21-18-32-15-14-23(21)27)31-29(36)17-24-20(2)33-28-13-12-22(38-3)16-25(24)28/h7,9,11-16,18,26,33H,4-6,8,10,17H2,1-3H3,(H,34,37)/t26-/m0/s1. The Kier molecular flexibility index (Phi) is 9.35. The molecule has 7 nitrogen and oxygen atoms in total. The SMILES string of the molecule is COc1ccc2[nH]c(C)c(CC(=O)[As][C@@H](CCCCCC(C)=O)C(=O)Nc3cccc4cnccc34)c2c1. The molecule has 0 aliphatic heterocycles. The van der Waals surface area contributed by atoms with Crippen molar-refractivity contribution < 1.29 is 19.1 Å². The predicted octanol–water partition coefficient (Wildman–Crippen LogP) is 5.77. The van der Waals surface area contributed by atoms with E-state index < -0.39 is 15.8 Å². The molecule has 2 aromatic carbocycles. The Morgan fingerprint density at radius 1 is 1.08 bits per heavy atom. The van der Waals surface area contributed by atoms with Crippen molar-refractivity contribution in [3.05, 3.63) is 66.1 Å². The van der Waals surface area contributed by atoms with E-state index in [4.69, 9.17) is 4.74 Å². The number of fused-ring (bicyclic) bond motifs is 2. The maximum atomic E-state index is 13.5. The molecule has 0 bridgehead atoms. The molecule has 1 amide bonds. The molecule has 0 aliphatic rings. The molecule has 2 N–H and O–H groups in total. The zero-order valence-corrected chi connectivity index (χ0v) is 23.9. The summed E-state index contributed by atoms with van der Waals surface area (Å²) in [6.07, 6.45) is 7.41. The number of hydrogen-bond donors (Lipinski definition) is 2. The molecular weight excluding hydrogens is 541 g/mol. The van der Waals surface area contributed by atoms with Crippen LogP contribution in [0, 0.1) is 6.92 Å². The number of aryl methyl sites for hydroxylation is 1. The molecule has 0 aliphatic carbocycles. The van der Waals surface area contributed by atoms with Gasteiger partial charge in [0.2, 0.25) is 0 Å². The normalized spacial score (nSPS) is 12.3. The summed E-state index contributed by atoms with van der Waals surface area (Å²) in [6.45, 7) is 3.57. The average molecular weight is 575 g/mol. The summed E-state index contributed by atoms with van der Waals surface area (Å²) in [6, 6.07) is 13.4. The van der Waals surface area contributed by atoms with Crippen LogP contribution in [0.3, 0.4) is 0 Å². The van der Waals surface area contributed by atoms with Crippen LogP contribution in [0.2, 0.25) is 4.71 Å². The van der Waals surface area contributed by atoms with Gasteiger partial charge in [-0.25, -0.2) is 0 Å². The molecule has 0 saturated heterocycles. The molecule has 1 atom stereocenters. The molecule has 0 unspecified atom stereocenters. The predicted molar refractivity (Wildman–Crippen MR) is 152 cm³/mol. The summed E-state index contributed by atoms with van der Waals surface area (Å²) in [5.74, 6) is 0.801. The molecule has 197 valence electrons. The third kappa shape index (κ3) is 6.90. The summed E-state index contributed by atoms with van der Waals surface area (Å²) in [7, 11) is 1.63. The number of H-pyrrole nitrogens is 1. The van der Waals surface area contributed by atoms with Crippen molar-refractivity contribution in [2.24, 2.45) is 0 Å². The van der Waals surface area contributed by atoms with Crippen LogP contribution in [-0.4, -0.2) is 49.1 Å². The van der Waals surface area contributed by atoms with Crippen LogP contribution in [0.4, 0.5) is 5.69 Å². The third-order valence-corrected chi connectivity index (χ3v) is 9.33. The first-order chi connectivity index (χ1) is 18.4. The number of hydrogen-bond acceptors (Lipinski definition) is 5. The zero-order valence-electron chi connectivity index (χ0n) is 22.0. The molecule has 8 heteroatoms. The van der Waals surface area contributed by atoms with E-state index in [1.54, 1.807) is 26.4 Å². The Labute approximate surface area is 229 Å². The van der Waals surface area contributed by atoms with Crippen LogP contribution in [-0.2, 0) is 20.8 Å². The van der Waals surface area contributed by atoms with Gasteiger partial charge in [-0.3, -0.25) is 0 Å². The quantitative estimate of drug-likeness (QED) is 0.156. The average Bonchev–Trinajstić information content (AvgIpc) is 3.21. The Balaban J connectivity index is 1.50. The number of Topliss-reactive ketones (excluding diaryl/α,β-unsaturated/α-hetero) is 1. The number of anilines is 1. The fourth-order valence-electron chi connectivity index (χ4n) is 4.68. The van der Waals surface area contributed by atoms with Gasteiger partial charge in [-0.05, 0) is 0 Å². The van der Waals surface area contributed by atoms with E-state index in [0.717, 1.165) is 63.6 Å². The van der Waals surface area contributed by atoms with E-state index in [9.17, 15) is 14.4 Å². The topological polar surface area (TPSA) is 101 Å². The van der Waals surface area contributed by atoms with Crippen LogP contribution in [0.5, 0.6) is 5.75 Å². The molecule has 2 aromatic heterocycles. The number of amides is 1. The van der Waals surface area contributed by atoms with Crippen molar-refractivity contribution in [1.82, 2.24) is 9.97 Å². The third-order valence-electron chi connectivity index (χ3n) is 6.70. The Morgan fingerprint density at radius 2 is 1.92 bits per heavy atom. The minimum absolute atomic E-state index is 0.110. The summed E-state index contributed by atoms with van der Waals surface area (Å²) in [5.41, 5.74) is 3.61. The van der Waals surface area contributed by atoms with Gasteiger partial charge in [-0.2, -0.15) is 0 Å². The molecule has 38 heavy (non-hydrogen) atoms. The van der Waals surface area contributed by atoms with Crippen LogP contribution in [0.1, 0.15) is 50.3 Å². The van der Waals surface area contributed by atoms with Gasteiger partial charge in [0.05, 0.1) is 0 Å². The first kappa shape index (κ1) is 27.6. The monoisotopic (exact) mass is 574 g/mol. The fraction of sp³-hybridized carbons (Fsp3) is 0.333. The van der Waals surface area contributed by atoms with Crippen LogP contribution >= 0.6 is 0 Å². The van der Waals surface area contributed by atoms with Crippen molar-refractivity contribution in [2.45, 2.75) is 57.1 Å². The zero-order chi connectivity index (χ0) is 27.1. The summed E-state index contributed by atoms with van der Waals surface area (Å²) < 4.78 is 5.13. The fourth-order valence-corrected chi connectivity index (χ4v) is 6.97. The molecule has 0 spiro atoms. The molecule has 0 fully saturated rings. The van der Waals surface area contributed by atoms with Crippen LogP contribution in [0.25, 0.3) is 21.7 Å². The second-order valence-corrected chi connectivity index (χ2v) is 12.4. The maximum absolute atomic E-state index is 13.5. The van der Waals surface area contributed by atoms with E-state index in [0.29, 0.717) is 12.8 Å². The van der Waals surface area contributed by atoms with Crippen molar-refractivity contribution in [2.75, 3.05) is 12.4 Å². The van der Waals surface area contributed by atoms with E-state index >= 15 is 0 Å². The van der Waals surface area contributed by atoms with E-state index in [2.05, 4.69) is 15.3 Å². The number of methoxy groups -OCH3 is 1. The van der Waals surface area contributed by atoms with Crippen molar-refractivity contribution >= 4 is 59.4 Å². The van der Waals surface area contributed by atoms with E-state index in [1.807, 2.05) is 49.4 Å². The molecule has 4 aromatic rings. The number of benzene rings is 2. The number of pyridine rings is 1. The van der Waals surface area contributed by atoms with E-state index in [1.165, 1.54) is 0 Å². The molecule has 4 rings (SSSR count). The second-order valence-electron chi connectivity index (χ2n) is 9.55. The summed E-state index contributed by atoms with van der Waals surface area (Å²) in [5, 5.41) is 5.93. The van der Waals surface area contributed by atoms with Gasteiger partial charge < -0.3 is 0 Å². The Bertz CT molecular complexity index is 1460. The molecule has 1 radical (unpaired) electrons. The Hall–Kier alpha value is -3.44. The van der Waals surface area contributed by atoms with E-state index in [-0.39, 0.29) is 27.4 Å².